The van der Waals surface area contributed by atoms with E-state index in [1.807, 2.05) is 0 Å². The first kappa shape index (κ1) is 44.4. The summed E-state index contributed by atoms with van der Waals surface area (Å²) >= 11 is 0. The SMILES string of the molecule is CCCCCCCCCCCCC(=O)OCC(COC(=O)CCCCCCCCCC)OC(=O)CCCCCCCCCCCC. The van der Waals surface area contributed by atoms with Crippen molar-refractivity contribution in [1.82, 2.24) is 0 Å². The Morgan fingerprint density at radius 1 is 0.348 bits per heavy atom. The highest BCUT2D eigenvalue weighted by Gasteiger charge is 2.19. The maximum absolute atomic E-state index is 12.6. The number of unbranched alkanes of at least 4 members (excludes halogenated alkanes) is 25. The van der Waals surface area contributed by atoms with Gasteiger partial charge in [-0.2, -0.15) is 0 Å². The molecule has 0 radical (unpaired) electrons. The predicted molar refractivity (Wildman–Crippen MR) is 192 cm³/mol. The smallest absolute Gasteiger partial charge is 0.306 e. The summed E-state index contributed by atoms with van der Waals surface area (Å²) in [5.41, 5.74) is 0. The Morgan fingerprint density at radius 3 is 0.870 bits per heavy atom. The van der Waals surface area contributed by atoms with Gasteiger partial charge in [0, 0.05) is 19.3 Å². The lowest BCUT2D eigenvalue weighted by Gasteiger charge is -2.18. The van der Waals surface area contributed by atoms with E-state index in [4.69, 9.17) is 14.2 Å². The Balaban J connectivity index is 4.33. The summed E-state index contributed by atoms with van der Waals surface area (Å²) in [7, 11) is 0. The Bertz CT molecular complexity index is 679. The predicted octanol–water partition coefficient (Wildman–Crippen LogP) is 12.1. The monoisotopic (exact) mass is 653 g/mol. The van der Waals surface area contributed by atoms with Gasteiger partial charge in [-0.3, -0.25) is 14.4 Å². The van der Waals surface area contributed by atoms with Crippen LogP contribution in [0.5, 0.6) is 0 Å². The van der Waals surface area contributed by atoms with Crippen LogP contribution in [0.15, 0.2) is 0 Å². The number of hydrogen-bond donors (Lipinski definition) is 0. The average Bonchev–Trinajstić information content (AvgIpc) is 3.05. The number of carbonyl (C=O) groups is 3. The Labute approximate surface area is 285 Å². The van der Waals surface area contributed by atoms with Crippen molar-refractivity contribution >= 4 is 17.9 Å². The van der Waals surface area contributed by atoms with Crippen molar-refractivity contribution in [1.29, 1.82) is 0 Å². The fraction of sp³-hybridized carbons (Fsp3) is 0.925. The van der Waals surface area contributed by atoms with Crippen LogP contribution in [0.4, 0.5) is 0 Å². The molecular formula is C40H76O6. The molecule has 0 bridgehead atoms. The van der Waals surface area contributed by atoms with Crippen LogP contribution < -0.4 is 0 Å². The van der Waals surface area contributed by atoms with Gasteiger partial charge in [-0.25, -0.2) is 0 Å². The van der Waals surface area contributed by atoms with E-state index in [2.05, 4.69) is 20.8 Å². The second-order valence-corrected chi connectivity index (χ2v) is 13.6. The molecule has 0 aromatic heterocycles. The summed E-state index contributed by atoms with van der Waals surface area (Å²) in [5.74, 6) is -0.867. The van der Waals surface area contributed by atoms with Crippen LogP contribution in [0.2, 0.25) is 0 Å². The lowest BCUT2D eigenvalue weighted by molar-refractivity contribution is -0.167. The zero-order valence-electron chi connectivity index (χ0n) is 30.9. The molecule has 0 heterocycles. The van der Waals surface area contributed by atoms with Crippen molar-refractivity contribution < 1.29 is 28.6 Å². The quantitative estimate of drug-likeness (QED) is 0.0381. The molecule has 0 aromatic carbocycles. The summed E-state index contributed by atoms with van der Waals surface area (Å²) in [6.07, 6.45) is 33.7. The minimum absolute atomic E-state index is 0.0641. The zero-order valence-corrected chi connectivity index (χ0v) is 30.9. The van der Waals surface area contributed by atoms with E-state index in [0.29, 0.717) is 19.3 Å². The van der Waals surface area contributed by atoms with E-state index in [1.165, 1.54) is 122 Å². The number of carbonyl (C=O) groups excluding carboxylic acids is 3. The highest BCUT2D eigenvalue weighted by Crippen LogP contribution is 2.14. The fourth-order valence-electron chi connectivity index (χ4n) is 5.79. The van der Waals surface area contributed by atoms with Crippen LogP contribution in [-0.4, -0.2) is 37.2 Å². The summed E-state index contributed by atoms with van der Waals surface area (Å²) in [5, 5.41) is 0. The minimum Gasteiger partial charge on any atom is -0.462 e. The van der Waals surface area contributed by atoms with Gasteiger partial charge in [0.2, 0.25) is 0 Å². The highest BCUT2D eigenvalue weighted by molar-refractivity contribution is 5.71. The van der Waals surface area contributed by atoms with Gasteiger partial charge >= 0.3 is 17.9 Å². The van der Waals surface area contributed by atoms with Gasteiger partial charge < -0.3 is 14.2 Å². The van der Waals surface area contributed by atoms with Crippen molar-refractivity contribution in [2.75, 3.05) is 13.2 Å². The van der Waals surface area contributed by atoms with E-state index in [9.17, 15) is 14.4 Å². The molecule has 0 aliphatic rings. The molecule has 0 N–H and O–H groups in total. The summed E-state index contributed by atoms with van der Waals surface area (Å²) < 4.78 is 16.6. The van der Waals surface area contributed by atoms with Gasteiger partial charge in [0.1, 0.15) is 13.2 Å². The Hall–Kier alpha value is -1.59. The van der Waals surface area contributed by atoms with Crippen LogP contribution in [0, 0.1) is 0 Å². The Kier molecular flexibility index (Phi) is 35.0. The van der Waals surface area contributed by atoms with Gasteiger partial charge in [-0.15, -0.1) is 0 Å². The van der Waals surface area contributed by atoms with Crippen LogP contribution in [0.1, 0.15) is 220 Å². The van der Waals surface area contributed by atoms with Crippen LogP contribution in [-0.2, 0) is 28.6 Å². The molecule has 0 fully saturated rings. The maximum atomic E-state index is 12.6. The standard InChI is InChI=1S/C40H76O6/c1-4-7-10-13-16-19-21-24-27-30-33-39(42)45-36-37(35-44-38(41)32-29-26-23-18-15-12-9-6-3)46-40(43)34-31-28-25-22-20-17-14-11-8-5-2/h37H,4-36H2,1-3H3. The van der Waals surface area contributed by atoms with Crippen molar-refractivity contribution in [2.45, 2.75) is 226 Å². The minimum atomic E-state index is -0.755. The summed E-state index contributed by atoms with van der Waals surface area (Å²) in [6.45, 7) is 6.58. The highest BCUT2D eigenvalue weighted by atomic mass is 16.6. The molecule has 6 nitrogen and oxygen atoms in total. The molecule has 0 spiro atoms. The average molecular weight is 653 g/mol. The van der Waals surface area contributed by atoms with Gasteiger partial charge in [-0.05, 0) is 19.3 Å². The summed E-state index contributed by atoms with van der Waals surface area (Å²) in [6, 6.07) is 0. The van der Waals surface area contributed by atoms with E-state index >= 15 is 0 Å². The molecule has 46 heavy (non-hydrogen) atoms. The molecule has 272 valence electrons. The van der Waals surface area contributed by atoms with Crippen LogP contribution >= 0.6 is 0 Å². The lowest BCUT2D eigenvalue weighted by atomic mass is 10.1. The fourth-order valence-corrected chi connectivity index (χ4v) is 5.79. The van der Waals surface area contributed by atoms with Gasteiger partial charge in [0.05, 0.1) is 0 Å². The van der Waals surface area contributed by atoms with E-state index in [1.54, 1.807) is 0 Å². The molecule has 0 aliphatic carbocycles. The second kappa shape index (κ2) is 36.2. The second-order valence-electron chi connectivity index (χ2n) is 13.6. The molecule has 1 atom stereocenters. The number of rotatable bonds is 36. The van der Waals surface area contributed by atoms with E-state index in [-0.39, 0.29) is 31.1 Å². The number of ether oxygens (including phenoxy) is 3. The molecule has 0 aliphatic heterocycles. The molecule has 0 saturated heterocycles. The largest absolute Gasteiger partial charge is 0.462 e. The molecule has 0 rings (SSSR count). The first-order chi connectivity index (χ1) is 22.5. The zero-order chi connectivity index (χ0) is 33.8. The molecular weight excluding hydrogens is 576 g/mol. The third kappa shape index (κ3) is 33.8. The van der Waals surface area contributed by atoms with Gasteiger partial charge in [0.25, 0.3) is 0 Å². The third-order valence-electron chi connectivity index (χ3n) is 8.86. The van der Waals surface area contributed by atoms with E-state index < -0.39 is 6.10 Å². The molecule has 6 heteroatoms. The topological polar surface area (TPSA) is 78.9 Å². The van der Waals surface area contributed by atoms with Crippen molar-refractivity contribution in [2.24, 2.45) is 0 Å². The summed E-state index contributed by atoms with van der Waals surface area (Å²) in [4.78, 5) is 37.3. The molecule has 0 aromatic rings. The van der Waals surface area contributed by atoms with Crippen LogP contribution in [0.3, 0.4) is 0 Å². The maximum Gasteiger partial charge on any atom is 0.306 e. The van der Waals surface area contributed by atoms with E-state index in [0.717, 1.165) is 57.8 Å². The lowest BCUT2D eigenvalue weighted by Crippen LogP contribution is -2.30. The first-order valence-electron chi connectivity index (χ1n) is 20.0. The molecule has 1 unspecified atom stereocenters. The molecule has 0 amide bonds. The molecule has 0 saturated carbocycles. The van der Waals surface area contributed by atoms with Crippen LogP contribution in [0.25, 0.3) is 0 Å². The number of esters is 3. The van der Waals surface area contributed by atoms with Gasteiger partial charge in [0.15, 0.2) is 6.10 Å². The van der Waals surface area contributed by atoms with Crippen molar-refractivity contribution in [3.63, 3.8) is 0 Å². The third-order valence-corrected chi connectivity index (χ3v) is 8.86. The Morgan fingerprint density at radius 2 is 0.587 bits per heavy atom. The van der Waals surface area contributed by atoms with Crippen molar-refractivity contribution in [3.8, 4) is 0 Å². The first-order valence-corrected chi connectivity index (χ1v) is 20.0. The normalized spacial score (nSPS) is 11.8. The number of hydrogen-bond acceptors (Lipinski definition) is 6. The van der Waals surface area contributed by atoms with Crippen molar-refractivity contribution in [3.05, 3.63) is 0 Å². The van der Waals surface area contributed by atoms with Gasteiger partial charge in [-0.1, -0.05) is 181 Å².